The van der Waals surface area contributed by atoms with E-state index in [2.05, 4.69) is 57.9 Å². The molecule has 134 valence electrons. The number of halogens is 1. The van der Waals surface area contributed by atoms with Gasteiger partial charge in [-0.1, -0.05) is 42.8 Å². The summed E-state index contributed by atoms with van der Waals surface area (Å²) < 4.78 is 0. The first-order valence-electron chi connectivity index (χ1n) is 8.80. The van der Waals surface area contributed by atoms with Gasteiger partial charge in [-0.25, -0.2) is 4.99 Å². The topological polar surface area (TPSA) is 49.3 Å². The van der Waals surface area contributed by atoms with Gasteiger partial charge in [0.1, 0.15) is 0 Å². The van der Waals surface area contributed by atoms with Crippen molar-refractivity contribution in [1.29, 1.82) is 0 Å². The van der Waals surface area contributed by atoms with E-state index in [1.165, 1.54) is 24.8 Å². The van der Waals surface area contributed by atoms with Crippen LogP contribution in [0.25, 0.3) is 0 Å². The minimum Gasteiger partial charge on any atom is -0.357 e. The second-order valence-electron chi connectivity index (χ2n) is 6.37. The van der Waals surface area contributed by atoms with Gasteiger partial charge in [-0.05, 0) is 37.5 Å². The van der Waals surface area contributed by atoms with Crippen LogP contribution in [0.1, 0.15) is 37.4 Å². The van der Waals surface area contributed by atoms with Crippen LogP contribution in [0.15, 0.2) is 59.7 Å². The Morgan fingerprint density at radius 1 is 1.08 bits per heavy atom. The van der Waals surface area contributed by atoms with Crippen molar-refractivity contribution in [3.63, 3.8) is 0 Å². The molecule has 2 aromatic rings. The van der Waals surface area contributed by atoms with E-state index in [0.29, 0.717) is 6.54 Å². The summed E-state index contributed by atoms with van der Waals surface area (Å²) in [6.45, 7) is 4.46. The molecule has 3 rings (SSSR count). The van der Waals surface area contributed by atoms with E-state index in [0.717, 1.165) is 24.7 Å². The summed E-state index contributed by atoms with van der Waals surface area (Å²) in [6.07, 6.45) is 5.59. The fraction of sp³-hybridized carbons (Fsp3) is 0.400. The molecular weight excluding hydrogens is 423 g/mol. The Hall–Kier alpha value is -1.63. The summed E-state index contributed by atoms with van der Waals surface area (Å²) in [5.41, 5.74) is 2.67. The first kappa shape index (κ1) is 19.7. The van der Waals surface area contributed by atoms with Gasteiger partial charge in [0.25, 0.3) is 0 Å². The maximum Gasteiger partial charge on any atom is 0.191 e. The summed E-state index contributed by atoms with van der Waals surface area (Å²) in [5, 5.41) is 6.88. The lowest BCUT2D eigenvalue weighted by Crippen LogP contribution is -2.48. The highest BCUT2D eigenvalue weighted by Gasteiger charge is 2.38. The molecule has 1 aliphatic rings. The molecule has 1 aromatic heterocycles. The average molecular weight is 450 g/mol. The van der Waals surface area contributed by atoms with Crippen LogP contribution in [0.4, 0.5) is 0 Å². The normalized spacial score (nSPS) is 15.6. The standard InChI is InChI=1S/C20H26N4.HI/c1-2-21-19(23-15-18-11-6-7-14-22-18)24-16-20(12-8-13-20)17-9-4-3-5-10-17;/h3-7,9-11,14H,2,8,12-13,15-16H2,1H3,(H2,21,23,24);1H. The highest BCUT2D eigenvalue weighted by Crippen LogP contribution is 2.43. The monoisotopic (exact) mass is 450 g/mol. The van der Waals surface area contributed by atoms with Crippen LogP contribution in [0.2, 0.25) is 0 Å². The highest BCUT2D eigenvalue weighted by atomic mass is 127. The lowest BCUT2D eigenvalue weighted by Gasteiger charge is -2.43. The van der Waals surface area contributed by atoms with E-state index in [9.17, 15) is 0 Å². The number of nitrogens with zero attached hydrogens (tertiary/aromatic N) is 2. The van der Waals surface area contributed by atoms with E-state index < -0.39 is 0 Å². The number of aliphatic imine (C=N–C) groups is 1. The van der Waals surface area contributed by atoms with Gasteiger partial charge in [0.15, 0.2) is 5.96 Å². The zero-order valence-corrected chi connectivity index (χ0v) is 17.1. The van der Waals surface area contributed by atoms with Crippen LogP contribution in [0.5, 0.6) is 0 Å². The third-order valence-corrected chi connectivity index (χ3v) is 4.76. The van der Waals surface area contributed by atoms with E-state index in [1.807, 2.05) is 24.4 Å². The molecule has 0 saturated heterocycles. The molecule has 4 nitrogen and oxygen atoms in total. The Morgan fingerprint density at radius 3 is 2.44 bits per heavy atom. The van der Waals surface area contributed by atoms with Gasteiger partial charge in [0.2, 0.25) is 0 Å². The van der Waals surface area contributed by atoms with E-state index >= 15 is 0 Å². The molecule has 0 radical (unpaired) electrons. The van der Waals surface area contributed by atoms with Gasteiger partial charge >= 0.3 is 0 Å². The summed E-state index contributed by atoms with van der Waals surface area (Å²) >= 11 is 0. The average Bonchev–Trinajstić information content (AvgIpc) is 2.60. The molecule has 0 bridgehead atoms. The second-order valence-corrected chi connectivity index (χ2v) is 6.37. The number of benzene rings is 1. The maximum atomic E-state index is 4.67. The lowest BCUT2D eigenvalue weighted by molar-refractivity contribution is 0.244. The minimum atomic E-state index is 0. The first-order chi connectivity index (χ1) is 11.8. The van der Waals surface area contributed by atoms with Crippen LogP contribution in [0, 0.1) is 0 Å². The van der Waals surface area contributed by atoms with Gasteiger partial charge in [-0.3, -0.25) is 4.98 Å². The number of aromatic nitrogens is 1. The number of pyridine rings is 1. The van der Waals surface area contributed by atoms with Crippen molar-refractivity contribution >= 4 is 29.9 Å². The predicted molar refractivity (Wildman–Crippen MR) is 114 cm³/mol. The van der Waals surface area contributed by atoms with Crippen LogP contribution in [-0.4, -0.2) is 24.0 Å². The van der Waals surface area contributed by atoms with Gasteiger partial charge in [-0.2, -0.15) is 0 Å². The summed E-state index contributed by atoms with van der Waals surface area (Å²) in [7, 11) is 0. The molecule has 1 aromatic carbocycles. The quantitative estimate of drug-likeness (QED) is 0.399. The summed E-state index contributed by atoms with van der Waals surface area (Å²) in [4.78, 5) is 9.00. The third-order valence-electron chi connectivity index (χ3n) is 4.76. The molecule has 0 aliphatic heterocycles. The molecule has 1 aliphatic carbocycles. The molecule has 0 spiro atoms. The lowest BCUT2D eigenvalue weighted by atomic mass is 9.64. The molecule has 1 saturated carbocycles. The van der Waals surface area contributed by atoms with Crippen LogP contribution in [0.3, 0.4) is 0 Å². The molecule has 0 amide bonds. The van der Waals surface area contributed by atoms with Crippen molar-refractivity contribution in [1.82, 2.24) is 15.6 Å². The molecule has 0 atom stereocenters. The largest absolute Gasteiger partial charge is 0.357 e. The Labute approximate surface area is 167 Å². The predicted octanol–water partition coefficient (Wildman–Crippen LogP) is 3.88. The molecule has 1 fully saturated rings. The first-order valence-corrected chi connectivity index (χ1v) is 8.80. The van der Waals surface area contributed by atoms with Crippen molar-refractivity contribution in [3.05, 3.63) is 66.0 Å². The van der Waals surface area contributed by atoms with Gasteiger partial charge in [0, 0.05) is 24.7 Å². The highest BCUT2D eigenvalue weighted by molar-refractivity contribution is 14.0. The number of nitrogens with one attached hydrogen (secondary N) is 2. The third kappa shape index (κ3) is 5.17. The Balaban J connectivity index is 0.00000225. The fourth-order valence-electron chi connectivity index (χ4n) is 3.21. The van der Waals surface area contributed by atoms with Crippen LogP contribution < -0.4 is 10.6 Å². The fourth-order valence-corrected chi connectivity index (χ4v) is 3.21. The zero-order chi connectivity index (χ0) is 16.7. The van der Waals surface area contributed by atoms with Crippen molar-refractivity contribution in [2.24, 2.45) is 4.99 Å². The van der Waals surface area contributed by atoms with E-state index in [4.69, 9.17) is 0 Å². The molecule has 1 heterocycles. The number of guanidine groups is 1. The Morgan fingerprint density at radius 2 is 1.84 bits per heavy atom. The number of rotatable bonds is 6. The molecular formula is C20H27IN4. The van der Waals surface area contributed by atoms with Crippen molar-refractivity contribution < 1.29 is 0 Å². The summed E-state index contributed by atoms with van der Waals surface area (Å²) in [5.74, 6) is 0.866. The second kappa shape index (κ2) is 9.75. The van der Waals surface area contributed by atoms with Gasteiger partial charge in [-0.15, -0.1) is 24.0 Å². The molecule has 0 unspecified atom stereocenters. The smallest absolute Gasteiger partial charge is 0.191 e. The SMILES string of the molecule is CCNC(=NCc1ccccn1)NCC1(c2ccccc2)CCC1.I. The van der Waals surface area contributed by atoms with E-state index in [-0.39, 0.29) is 29.4 Å². The molecule has 2 N–H and O–H groups in total. The van der Waals surface area contributed by atoms with Gasteiger partial charge in [0.05, 0.1) is 12.2 Å². The Bertz CT molecular complexity index is 654. The van der Waals surface area contributed by atoms with Gasteiger partial charge < -0.3 is 10.6 Å². The molecule has 5 heteroatoms. The molecule has 25 heavy (non-hydrogen) atoms. The van der Waals surface area contributed by atoms with Crippen LogP contribution >= 0.6 is 24.0 Å². The van der Waals surface area contributed by atoms with Crippen molar-refractivity contribution in [3.8, 4) is 0 Å². The van der Waals surface area contributed by atoms with Crippen molar-refractivity contribution in [2.75, 3.05) is 13.1 Å². The van der Waals surface area contributed by atoms with E-state index in [1.54, 1.807) is 0 Å². The van der Waals surface area contributed by atoms with Crippen molar-refractivity contribution in [2.45, 2.75) is 38.1 Å². The number of hydrogen-bond donors (Lipinski definition) is 2. The summed E-state index contributed by atoms with van der Waals surface area (Å²) in [6, 6.07) is 16.8. The van der Waals surface area contributed by atoms with Crippen LogP contribution in [-0.2, 0) is 12.0 Å². The zero-order valence-electron chi connectivity index (χ0n) is 14.7. The Kier molecular flexibility index (Phi) is 7.68. The number of hydrogen-bond acceptors (Lipinski definition) is 2. The maximum absolute atomic E-state index is 4.67. The minimum absolute atomic E-state index is 0.